The van der Waals surface area contributed by atoms with Gasteiger partial charge in [0.25, 0.3) is 0 Å². The molecule has 1 heterocycles. The number of fused-ring (bicyclic) bond motifs is 1. The average molecular weight is 299 g/mol. The lowest BCUT2D eigenvalue weighted by atomic mass is 9.96. The van der Waals surface area contributed by atoms with Crippen molar-refractivity contribution in [3.05, 3.63) is 0 Å². The fraction of sp³-hybridized carbons (Fsp3) is 0.867. The number of hydrogen-bond acceptors (Lipinski definition) is 5. The first-order chi connectivity index (χ1) is 9.40. The number of esters is 1. The molecule has 3 atom stereocenters. The summed E-state index contributed by atoms with van der Waals surface area (Å²) in [5.74, 6) is -0.420. The van der Waals surface area contributed by atoms with Gasteiger partial charge in [0.05, 0.1) is 12.2 Å². The highest BCUT2D eigenvalue weighted by molar-refractivity contribution is 5.87. The van der Waals surface area contributed by atoms with Crippen LogP contribution in [0.15, 0.2) is 0 Å². The standard InChI is InChI=1S/C15H25NO5/c1-13(2,3)20-11(17)15(7-9-10(8-15)19-9)16-12(18)21-14(4,5)6/h9-10H,7-8H2,1-6H3,(H,16,18)/t9-,10+,15+. The zero-order valence-electron chi connectivity index (χ0n) is 13.6. The van der Waals surface area contributed by atoms with Crippen LogP contribution in [0.2, 0.25) is 0 Å². The zero-order chi connectivity index (χ0) is 16.1. The van der Waals surface area contributed by atoms with Crippen molar-refractivity contribution in [3.8, 4) is 0 Å². The monoisotopic (exact) mass is 299 g/mol. The second-order valence-electron chi connectivity index (χ2n) is 7.83. The molecule has 0 aromatic rings. The van der Waals surface area contributed by atoms with Gasteiger partial charge in [-0.1, -0.05) is 0 Å². The molecule has 1 amide bonds. The summed E-state index contributed by atoms with van der Waals surface area (Å²) in [5.41, 5.74) is -2.26. The fourth-order valence-corrected chi connectivity index (χ4v) is 2.50. The summed E-state index contributed by atoms with van der Waals surface area (Å²) in [4.78, 5) is 24.5. The summed E-state index contributed by atoms with van der Waals surface area (Å²) in [6.45, 7) is 10.8. The molecule has 1 saturated carbocycles. The van der Waals surface area contributed by atoms with Gasteiger partial charge in [-0.3, -0.25) is 0 Å². The summed E-state index contributed by atoms with van der Waals surface area (Å²) in [7, 11) is 0. The third kappa shape index (κ3) is 4.09. The van der Waals surface area contributed by atoms with E-state index in [1.807, 2.05) is 0 Å². The Hall–Kier alpha value is -1.30. The van der Waals surface area contributed by atoms with Crippen LogP contribution in [0.5, 0.6) is 0 Å². The summed E-state index contributed by atoms with van der Waals surface area (Å²) in [6.07, 6.45) is 0.340. The van der Waals surface area contributed by atoms with Gasteiger partial charge in [0, 0.05) is 12.8 Å². The maximum absolute atomic E-state index is 12.5. The highest BCUT2D eigenvalue weighted by atomic mass is 16.6. The van der Waals surface area contributed by atoms with E-state index in [1.54, 1.807) is 41.5 Å². The molecule has 2 fully saturated rings. The summed E-state index contributed by atoms with van der Waals surface area (Å²) < 4.78 is 16.1. The van der Waals surface area contributed by atoms with Gasteiger partial charge in [-0.05, 0) is 41.5 Å². The first kappa shape index (κ1) is 16.1. The molecule has 0 aromatic carbocycles. The number of rotatable bonds is 2. The quantitative estimate of drug-likeness (QED) is 0.624. The lowest BCUT2D eigenvalue weighted by Crippen LogP contribution is -2.56. The first-order valence-electron chi connectivity index (χ1n) is 7.30. The molecule has 0 unspecified atom stereocenters. The van der Waals surface area contributed by atoms with Crippen LogP contribution in [0.3, 0.4) is 0 Å². The zero-order valence-corrected chi connectivity index (χ0v) is 13.6. The van der Waals surface area contributed by atoms with Gasteiger partial charge in [-0.2, -0.15) is 0 Å². The summed E-state index contributed by atoms with van der Waals surface area (Å²) >= 11 is 0. The van der Waals surface area contributed by atoms with Crippen molar-refractivity contribution in [2.24, 2.45) is 0 Å². The lowest BCUT2D eigenvalue weighted by Gasteiger charge is -2.33. The molecule has 21 heavy (non-hydrogen) atoms. The van der Waals surface area contributed by atoms with E-state index in [9.17, 15) is 9.59 Å². The molecular formula is C15H25NO5. The van der Waals surface area contributed by atoms with Gasteiger partial charge in [-0.15, -0.1) is 0 Å². The maximum Gasteiger partial charge on any atom is 0.408 e. The number of nitrogens with one attached hydrogen (secondary N) is 1. The Bertz CT molecular complexity index is 436. The Kier molecular flexibility index (Phi) is 3.72. The number of epoxide rings is 1. The van der Waals surface area contributed by atoms with Gasteiger partial charge in [0.1, 0.15) is 16.7 Å². The van der Waals surface area contributed by atoms with Gasteiger partial charge >= 0.3 is 12.1 Å². The van der Waals surface area contributed by atoms with Crippen LogP contribution >= 0.6 is 0 Å². The fourth-order valence-electron chi connectivity index (χ4n) is 2.50. The van der Waals surface area contributed by atoms with Crippen molar-refractivity contribution in [3.63, 3.8) is 0 Å². The molecular weight excluding hydrogens is 274 g/mol. The Morgan fingerprint density at radius 1 is 1.00 bits per heavy atom. The Morgan fingerprint density at radius 2 is 1.48 bits per heavy atom. The Morgan fingerprint density at radius 3 is 1.90 bits per heavy atom. The third-order valence-electron chi connectivity index (χ3n) is 3.32. The van der Waals surface area contributed by atoms with Crippen molar-refractivity contribution in [2.45, 2.75) is 83.3 Å². The van der Waals surface area contributed by atoms with Crippen LogP contribution in [-0.2, 0) is 19.0 Å². The predicted octanol–water partition coefficient (Wildman–Crippen LogP) is 2.15. The van der Waals surface area contributed by atoms with Crippen LogP contribution in [0.4, 0.5) is 4.79 Å². The normalized spacial score (nSPS) is 31.3. The number of hydrogen-bond donors (Lipinski definition) is 1. The molecule has 2 aliphatic rings. The molecule has 1 aliphatic heterocycles. The second-order valence-corrected chi connectivity index (χ2v) is 7.83. The van der Waals surface area contributed by atoms with E-state index in [4.69, 9.17) is 14.2 Å². The number of ether oxygens (including phenoxy) is 3. The second kappa shape index (κ2) is 4.87. The van der Waals surface area contributed by atoms with E-state index < -0.39 is 28.8 Å². The van der Waals surface area contributed by atoms with Crippen molar-refractivity contribution in [1.82, 2.24) is 5.32 Å². The predicted molar refractivity (Wildman–Crippen MR) is 75.8 cm³/mol. The van der Waals surface area contributed by atoms with Gasteiger partial charge < -0.3 is 19.5 Å². The highest BCUT2D eigenvalue weighted by Crippen LogP contribution is 2.45. The van der Waals surface area contributed by atoms with Crippen molar-refractivity contribution in [2.75, 3.05) is 0 Å². The smallest absolute Gasteiger partial charge is 0.408 e. The van der Waals surface area contributed by atoms with E-state index in [1.165, 1.54) is 0 Å². The summed E-state index contributed by atoms with van der Waals surface area (Å²) in [5, 5.41) is 2.72. The van der Waals surface area contributed by atoms with Crippen molar-refractivity contribution >= 4 is 12.1 Å². The minimum Gasteiger partial charge on any atom is -0.458 e. The minimum atomic E-state index is -1.04. The molecule has 0 spiro atoms. The first-order valence-corrected chi connectivity index (χ1v) is 7.30. The van der Waals surface area contributed by atoms with Gasteiger partial charge in [0.15, 0.2) is 0 Å². The molecule has 2 rings (SSSR count). The van der Waals surface area contributed by atoms with Gasteiger partial charge in [0.2, 0.25) is 0 Å². The largest absolute Gasteiger partial charge is 0.458 e. The minimum absolute atomic E-state index is 0.0347. The van der Waals surface area contributed by atoms with Crippen LogP contribution in [0.25, 0.3) is 0 Å². The molecule has 120 valence electrons. The van der Waals surface area contributed by atoms with Crippen LogP contribution in [-0.4, -0.2) is 41.0 Å². The highest BCUT2D eigenvalue weighted by Gasteiger charge is 2.61. The van der Waals surface area contributed by atoms with Crippen molar-refractivity contribution in [1.29, 1.82) is 0 Å². The average Bonchev–Trinajstić information content (AvgIpc) is 2.81. The van der Waals surface area contributed by atoms with Crippen LogP contribution in [0.1, 0.15) is 54.4 Å². The van der Waals surface area contributed by atoms with E-state index >= 15 is 0 Å². The number of alkyl carbamates (subject to hydrolysis) is 1. The third-order valence-corrected chi connectivity index (χ3v) is 3.32. The van der Waals surface area contributed by atoms with E-state index in [-0.39, 0.29) is 12.2 Å². The molecule has 1 aliphatic carbocycles. The number of carbonyl (C=O) groups excluding carboxylic acids is 2. The van der Waals surface area contributed by atoms with E-state index in [2.05, 4.69) is 5.32 Å². The lowest BCUT2D eigenvalue weighted by molar-refractivity contribution is -0.164. The molecule has 0 bridgehead atoms. The molecule has 1 saturated heterocycles. The van der Waals surface area contributed by atoms with Crippen LogP contribution < -0.4 is 5.32 Å². The maximum atomic E-state index is 12.5. The SMILES string of the molecule is CC(C)(C)OC(=O)N[C@]1(C(=O)OC(C)(C)C)C[C@@H]2O[C@@H]2C1. The molecule has 6 heteroatoms. The topological polar surface area (TPSA) is 77.2 Å². The Balaban J connectivity index is 2.08. The number of amides is 1. The molecule has 1 N–H and O–H groups in total. The van der Waals surface area contributed by atoms with Crippen molar-refractivity contribution < 1.29 is 23.8 Å². The number of carbonyl (C=O) groups is 2. The molecule has 0 radical (unpaired) electrons. The molecule has 6 nitrogen and oxygen atoms in total. The van der Waals surface area contributed by atoms with Crippen LogP contribution in [0, 0.1) is 0 Å². The van der Waals surface area contributed by atoms with E-state index in [0.717, 1.165) is 0 Å². The molecule has 0 aromatic heterocycles. The van der Waals surface area contributed by atoms with Gasteiger partial charge in [-0.25, -0.2) is 9.59 Å². The Labute approximate surface area is 125 Å². The summed E-state index contributed by atoms with van der Waals surface area (Å²) in [6, 6.07) is 0. The van der Waals surface area contributed by atoms with E-state index in [0.29, 0.717) is 12.8 Å².